The zero-order valence-electron chi connectivity index (χ0n) is 12.8. The minimum Gasteiger partial charge on any atom is -0.382 e. The molecule has 1 aliphatic carbocycles. The maximum absolute atomic E-state index is 12.4. The van der Waals surface area contributed by atoms with Gasteiger partial charge in [-0.2, -0.15) is 0 Å². The van der Waals surface area contributed by atoms with E-state index in [1.54, 1.807) is 0 Å². The summed E-state index contributed by atoms with van der Waals surface area (Å²) >= 11 is 1.35. The highest BCUT2D eigenvalue weighted by molar-refractivity contribution is 7.18. The lowest BCUT2D eigenvalue weighted by atomic mass is 9.91. The molecule has 0 radical (unpaired) electrons. The van der Waals surface area contributed by atoms with Crippen LogP contribution in [-0.2, 0) is 0 Å². The van der Waals surface area contributed by atoms with Crippen LogP contribution >= 0.6 is 11.3 Å². The van der Waals surface area contributed by atoms with Crippen LogP contribution in [0.2, 0.25) is 0 Å². The molecule has 1 saturated carbocycles. The van der Waals surface area contributed by atoms with Crippen LogP contribution in [0.4, 0.5) is 10.9 Å². The van der Waals surface area contributed by atoms with Crippen molar-refractivity contribution in [3.8, 4) is 0 Å². The Morgan fingerprint density at radius 2 is 2.05 bits per heavy atom. The third-order valence-electron chi connectivity index (χ3n) is 4.02. The van der Waals surface area contributed by atoms with E-state index in [2.05, 4.69) is 29.0 Å². The second kappa shape index (κ2) is 7.09. The summed E-state index contributed by atoms with van der Waals surface area (Å²) in [5, 5.41) is 3.82. The quantitative estimate of drug-likeness (QED) is 0.767. The topological polar surface area (TPSA) is 97.3 Å². The van der Waals surface area contributed by atoms with E-state index in [1.807, 2.05) is 0 Å². The highest BCUT2D eigenvalue weighted by atomic mass is 32.1. The molecule has 0 aliphatic heterocycles. The summed E-state index contributed by atoms with van der Waals surface area (Å²) in [5.74, 6) is 0.162. The van der Waals surface area contributed by atoms with Crippen molar-refractivity contribution in [2.24, 2.45) is 5.73 Å². The SMILES string of the molecule is CCN(CC)c1nc(N)c(C(=O)NC2CCCCC2N)s1. The minimum absolute atomic E-state index is 0.0408. The molecule has 0 saturated heterocycles. The van der Waals surface area contributed by atoms with Crippen molar-refractivity contribution in [1.82, 2.24) is 10.3 Å². The Morgan fingerprint density at radius 1 is 1.38 bits per heavy atom. The van der Waals surface area contributed by atoms with Gasteiger partial charge in [0.05, 0.1) is 0 Å². The molecule has 1 heterocycles. The van der Waals surface area contributed by atoms with Crippen molar-refractivity contribution in [3.05, 3.63) is 4.88 Å². The maximum Gasteiger partial charge on any atom is 0.265 e. The van der Waals surface area contributed by atoms with Crippen molar-refractivity contribution < 1.29 is 4.79 Å². The Labute approximate surface area is 129 Å². The van der Waals surface area contributed by atoms with Gasteiger partial charge in [0, 0.05) is 25.2 Å². The van der Waals surface area contributed by atoms with Crippen LogP contribution in [0.15, 0.2) is 0 Å². The van der Waals surface area contributed by atoms with Crippen molar-refractivity contribution in [2.45, 2.75) is 51.6 Å². The second-order valence-electron chi connectivity index (χ2n) is 5.41. The normalized spacial score (nSPS) is 22.0. The molecule has 1 aromatic rings. The van der Waals surface area contributed by atoms with Crippen molar-refractivity contribution >= 4 is 28.2 Å². The van der Waals surface area contributed by atoms with Crippen molar-refractivity contribution in [3.63, 3.8) is 0 Å². The zero-order chi connectivity index (χ0) is 15.4. The summed E-state index contributed by atoms with van der Waals surface area (Å²) in [6, 6.07) is 0.0868. The molecule has 1 aromatic heterocycles. The number of anilines is 2. The lowest BCUT2D eigenvalue weighted by Crippen LogP contribution is -2.49. The first-order valence-electron chi connectivity index (χ1n) is 7.64. The first-order valence-corrected chi connectivity index (χ1v) is 8.46. The van der Waals surface area contributed by atoms with E-state index >= 15 is 0 Å². The van der Waals surface area contributed by atoms with Gasteiger partial charge in [0.1, 0.15) is 10.7 Å². The fourth-order valence-electron chi connectivity index (χ4n) is 2.68. The smallest absolute Gasteiger partial charge is 0.265 e. The van der Waals surface area contributed by atoms with Crippen LogP contribution in [0.5, 0.6) is 0 Å². The number of carbonyl (C=O) groups excluding carboxylic acids is 1. The van der Waals surface area contributed by atoms with Gasteiger partial charge in [-0.1, -0.05) is 24.2 Å². The van der Waals surface area contributed by atoms with Gasteiger partial charge in [0.2, 0.25) is 0 Å². The molecule has 1 aliphatic rings. The summed E-state index contributed by atoms with van der Waals surface area (Å²) in [6.07, 6.45) is 4.16. The fourth-order valence-corrected chi connectivity index (χ4v) is 3.70. The standard InChI is InChI=1S/C14H25N5OS/c1-3-19(4-2)14-18-12(16)11(21-14)13(20)17-10-8-6-5-7-9(10)15/h9-10H,3-8,15-16H2,1-2H3,(H,17,20). The van der Waals surface area contributed by atoms with E-state index in [1.165, 1.54) is 11.3 Å². The molecule has 6 nitrogen and oxygen atoms in total. The van der Waals surface area contributed by atoms with Crippen LogP contribution in [0, 0.1) is 0 Å². The summed E-state index contributed by atoms with van der Waals surface area (Å²) in [6.45, 7) is 5.81. The number of hydrogen-bond acceptors (Lipinski definition) is 6. The Kier molecular flexibility index (Phi) is 5.41. The lowest BCUT2D eigenvalue weighted by molar-refractivity contribution is 0.0926. The van der Waals surface area contributed by atoms with Crippen molar-refractivity contribution in [1.29, 1.82) is 0 Å². The molecule has 7 heteroatoms. The molecule has 118 valence electrons. The third kappa shape index (κ3) is 3.65. The number of nitrogens with one attached hydrogen (secondary N) is 1. The Balaban J connectivity index is 2.08. The van der Waals surface area contributed by atoms with E-state index < -0.39 is 0 Å². The monoisotopic (exact) mass is 311 g/mol. The van der Waals surface area contributed by atoms with E-state index in [0.717, 1.165) is 43.9 Å². The summed E-state index contributed by atoms with van der Waals surface area (Å²) in [5.41, 5.74) is 12.0. The first kappa shape index (κ1) is 16.0. The number of nitrogens with two attached hydrogens (primary N) is 2. The Bertz CT molecular complexity index is 486. The molecule has 1 fully saturated rings. The predicted octanol–water partition coefficient (Wildman–Crippen LogP) is 1.57. The largest absolute Gasteiger partial charge is 0.382 e. The molecule has 2 unspecified atom stereocenters. The molecular weight excluding hydrogens is 286 g/mol. The number of thiazole rings is 1. The van der Waals surface area contributed by atoms with Crippen LogP contribution in [0.3, 0.4) is 0 Å². The maximum atomic E-state index is 12.4. The van der Waals surface area contributed by atoms with Gasteiger partial charge in [0.15, 0.2) is 5.13 Å². The molecule has 0 aromatic carbocycles. The van der Waals surface area contributed by atoms with Crippen LogP contribution < -0.4 is 21.7 Å². The summed E-state index contributed by atoms with van der Waals surface area (Å²) < 4.78 is 0. The van der Waals surface area contributed by atoms with Gasteiger partial charge >= 0.3 is 0 Å². The van der Waals surface area contributed by atoms with Gasteiger partial charge in [-0.3, -0.25) is 4.79 Å². The number of hydrogen-bond donors (Lipinski definition) is 3. The van der Waals surface area contributed by atoms with Gasteiger partial charge in [-0.05, 0) is 26.7 Å². The Hall–Kier alpha value is -1.34. The molecule has 2 rings (SSSR count). The predicted molar refractivity (Wildman–Crippen MR) is 87.8 cm³/mol. The zero-order valence-corrected chi connectivity index (χ0v) is 13.6. The van der Waals surface area contributed by atoms with Gasteiger partial charge in [-0.15, -0.1) is 0 Å². The number of amides is 1. The molecule has 0 bridgehead atoms. The van der Waals surface area contributed by atoms with Crippen LogP contribution in [-0.4, -0.2) is 36.1 Å². The number of nitrogens with zero attached hydrogens (tertiary/aromatic N) is 2. The third-order valence-corrected chi connectivity index (χ3v) is 5.15. The minimum atomic E-state index is -0.147. The lowest BCUT2D eigenvalue weighted by Gasteiger charge is -2.29. The average Bonchev–Trinajstić information content (AvgIpc) is 2.85. The highest BCUT2D eigenvalue weighted by Gasteiger charge is 2.26. The van der Waals surface area contributed by atoms with Gasteiger partial charge in [-0.25, -0.2) is 4.98 Å². The second-order valence-corrected chi connectivity index (χ2v) is 6.39. The number of aromatic nitrogens is 1. The Morgan fingerprint density at radius 3 is 2.67 bits per heavy atom. The molecule has 21 heavy (non-hydrogen) atoms. The number of rotatable bonds is 5. The fraction of sp³-hybridized carbons (Fsp3) is 0.714. The average molecular weight is 311 g/mol. The summed E-state index contributed by atoms with van der Waals surface area (Å²) in [4.78, 5) is 19.3. The summed E-state index contributed by atoms with van der Waals surface area (Å²) in [7, 11) is 0. The molecule has 2 atom stereocenters. The van der Waals surface area contributed by atoms with Gasteiger partial charge < -0.3 is 21.7 Å². The van der Waals surface area contributed by atoms with Crippen LogP contribution in [0.25, 0.3) is 0 Å². The van der Waals surface area contributed by atoms with E-state index in [0.29, 0.717) is 10.7 Å². The molecule has 1 amide bonds. The van der Waals surface area contributed by atoms with Crippen molar-refractivity contribution in [2.75, 3.05) is 23.7 Å². The van der Waals surface area contributed by atoms with E-state index in [-0.39, 0.29) is 18.0 Å². The molecular formula is C14H25N5OS. The first-order chi connectivity index (χ1) is 10.1. The molecule has 0 spiro atoms. The highest BCUT2D eigenvalue weighted by Crippen LogP contribution is 2.28. The van der Waals surface area contributed by atoms with E-state index in [4.69, 9.17) is 11.5 Å². The number of nitrogen functional groups attached to an aromatic ring is 1. The molecule has 5 N–H and O–H groups in total. The van der Waals surface area contributed by atoms with Crippen LogP contribution in [0.1, 0.15) is 49.2 Å². The number of carbonyl (C=O) groups is 1. The van der Waals surface area contributed by atoms with E-state index in [9.17, 15) is 4.79 Å². The van der Waals surface area contributed by atoms with Gasteiger partial charge in [0.25, 0.3) is 5.91 Å².